The number of carbonyl (C=O) groups is 4. The van der Waals surface area contributed by atoms with Crippen LogP contribution in [0.5, 0.6) is 0 Å². The molecule has 3 amide bonds. The summed E-state index contributed by atoms with van der Waals surface area (Å²) in [6.07, 6.45) is -1.03. The molecule has 0 aliphatic heterocycles. The standard InChI is InChI=1S/C16H32N5O8P/c1-5-6-11(20-13(24)8(2)17)15(26)21(14(25)9(3)18)16(10(4)19,7-12(22)23)30(27,28)29/h8-11H,5-7,17-19H2,1-4H3,(H,20,24)(H,22,23)(H2,27,28,29)/t8-,9-,10?,11-,16?/m0/s1. The fourth-order valence-electron chi connectivity index (χ4n) is 2.86. The van der Waals surface area contributed by atoms with Gasteiger partial charge in [-0.1, -0.05) is 13.3 Å². The van der Waals surface area contributed by atoms with Crippen molar-refractivity contribution in [1.82, 2.24) is 10.2 Å². The number of hydrogen-bond donors (Lipinski definition) is 7. The number of hydrogen-bond acceptors (Lipinski definition) is 8. The molecule has 14 heteroatoms. The Kier molecular flexibility index (Phi) is 10.2. The summed E-state index contributed by atoms with van der Waals surface area (Å²) in [4.78, 5) is 69.9. The molecule has 174 valence electrons. The third-order valence-electron chi connectivity index (χ3n) is 4.47. The third kappa shape index (κ3) is 6.30. The quantitative estimate of drug-likeness (QED) is 0.169. The zero-order chi connectivity index (χ0) is 24.0. The Morgan fingerprint density at radius 3 is 1.83 bits per heavy atom. The lowest BCUT2D eigenvalue weighted by atomic mass is 10.00. The molecule has 5 atom stereocenters. The van der Waals surface area contributed by atoms with Gasteiger partial charge in [0.25, 0.3) is 5.91 Å². The van der Waals surface area contributed by atoms with Crippen LogP contribution in [0.3, 0.4) is 0 Å². The maximum atomic E-state index is 13.3. The smallest absolute Gasteiger partial charge is 0.353 e. The van der Waals surface area contributed by atoms with E-state index in [0.29, 0.717) is 6.42 Å². The van der Waals surface area contributed by atoms with Crippen LogP contribution in [0.2, 0.25) is 0 Å². The molecule has 0 rings (SSSR count). The lowest BCUT2D eigenvalue weighted by Crippen LogP contribution is -2.68. The highest BCUT2D eigenvalue weighted by Crippen LogP contribution is 2.56. The number of amides is 3. The van der Waals surface area contributed by atoms with Gasteiger partial charge in [0, 0.05) is 6.04 Å². The molecule has 0 aromatic heterocycles. The molecule has 0 spiro atoms. The van der Waals surface area contributed by atoms with Gasteiger partial charge in [-0.3, -0.25) is 28.6 Å². The van der Waals surface area contributed by atoms with Crippen LogP contribution in [-0.2, 0) is 23.7 Å². The number of nitrogens with one attached hydrogen (secondary N) is 1. The Bertz CT molecular complexity index is 708. The average Bonchev–Trinajstić information content (AvgIpc) is 2.58. The summed E-state index contributed by atoms with van der Waals surface area (Å²) in [5, 5.41) is 8.70. The highest BCUT2D eigenvalue weighted by atomic mass is 31.2. The molecule has 0 fully saturated rings. The maximum Gasteiger partial charge on any atom is 0.353 e. The molecule has 0 heterocycles. The highest BCUT2D eigenvalue weighted by molar-refractivity contribution is 7.53. The van der Waals surface area contributed by atoms with Gasteiger partial charge in [0.15, 0.2) is 5.28 Å². The van der Waals surface area contributed by atoms with E-state index in [0.717, 1.165) is 13.8 Å². The van der Waals surface area contributed by atoms with Crippen molar-refractivity contribution >= 4 is 31.3 Å². The minimum atomic E-state index is -5.55. The molecule has 0 radical (unpaired) electrons. The zero-order valence-corrected chi connectivity index (χ0v) is 18.3. The van der Waals surface area contributed by atoms with Crippen molar-refractivity contribution in [3.8, 4) is 0 Å². The topological polar surface area (TPSA) is 239 Å². The molecule has 10 N–H and O–H groups in total. The molecular weight excluding hydrogens is 421 g/mol. The summed E-state index contributed by atoms with van der Waals surface area (Å²) in [6.45, 7) is 5.23. The fourth-order valence-corrected chi connectivity index (χ4v) is 4.19. The SMILES string of the molecule is CCC[C@H](NC(=O)[C@H](C)N)C(=O)N(C(=O)[C@H](C)N)C(CC(=O)O)(C(C)N)P(=O)(O)O. The predicted molar refractivity (Wildman–Crippen MR) is 107 cm³/mol. The van der Waals surface area contributed by atoms with E-state index in [2.05, 4.69) is 5.32 Å². The normalized spacial score (nSPS) is 17.8. The second-order valence-electron chi connectivity index (χ2n) is 7.22. The summed E-state index contributed by atoms with van der Waals surface area (Å²) in [7, 11) is -5.55. The Morgan fingerprint density at radius 2 is 1.53 bits per heavy atom. The van der Waals surface area contributed by atoms with E-state index in [-0.39, 0.29) is 11.3 Å². The number of nitrogens with two attached hydrogens (primary N) is 3. The van der Waals surface area contributed by atoms with Crippen LogP contribution in [0.25, 0.3) is 0 Å². The van der Waals surface area contributed by atoms with E-state index in [9.17, 15) is 38.6 Å². The maximum absolute atomic E-state index is 13.3. The van der Waals surface area contributed by atoms with Crippen LogP contribution < -0.4 is 22.5 Å². The van der Waals surface area contributed by atoms with Crippen LogP contribution in [0, 0.1) is 0 Å². The first-order valence-electron chi connectivity index (χ1n) is 9.26. The summed E-state index contributed by atoms with van der Waals surface area (Å²) < 4.78 is 12.5. The van der Waals surface area contributed by atoms with Crippen LogP contribution in [-0.4, -0.2) is 72.9 Å². The van der Waals surface area contributed by atoms with E-state index >= 15 is 0 Å². The van der Waals surface area contributed by atoms with Gasteiger partial charge < -0.3 is 37.4 Å². The summed E-state index contributed by atoms with van der Waals surface area (Å²) in [5.74, 6) is -4.96. The predicted octanol–water partition coefficient (Wildman–Crippen LogP) is -1.98. The lowest BCUT2D eigenvalue weighted by Gasteiger charge is -2.45. The van der Waals surface area contributed by atoms with Gasteiger partial charge in [0.1, 0.15) is 6.04 Å². The monoisotopic (exact) mass is 453 g/mol. The number of carboxylic acid groups (broad SMARTS) is 1. The first-order chi connectivity index (χ1) is 13.5. The lowest BCUT2D eigenvalue weighted by molar-refractivity contribution is -0.156. The molecule has 2 unspecified atom stereocenters. The van der Waals surface area contributed by atoms with E-state index < -0.39 is 67.2 Å². The molecule has 0 aliphatic carbocycles. The van der Waals surface area contributed by atoms with Gasteiger partial charge in [-0.15, -0.1) is 0 Å². The van der Waals surface area contributed by atoms with Gasteiger partial charge in [-0.05, 0) is 27.2 Å². The molecule has 0 saturated heterocycles. The van der Waals surface area contributed by atoms with Crippen molar-refractivity contribution in [2.24, 2.45) is 17.2 Å². The minimum absolute atomic E-state index is 0.0245. The van der Waals surface area contributed by atoms with E-state index in [1.54, 1.807) is 6.92 Å². The van der Waals surface area contributed by atoms with Crippen molar-refractivity contribution < 1.29 is 38.6 Å². The van der Waals surface area contributed by atoms with Crippen LogP contribution in [0.15, 0.2) is 0 Å². The van der Waals surface area contributed by atoms with Gasteiger partial charge in [0.2, 0.25) is 11.8 Å². The van der Waals surface area contributed by atoms with E-state index in [1.807, 2.05) is 0 Å². The number of carboxylic acids is 1. The van der Waals surface area contributed by atoms with Gasteiger partial charge >= 0.3 is 13.6 Å². The first-order valence-corrected chi connectivity index (χ1v) is 10.9. The average molecular weight is 453 g/mol. The van der Waals surface area contributed by atoms with Crippen molar-refractivity contribution in [1.29, 1.82) is 0 Å². The molecule has 0 aromatic carbocycles. The number of aliphatic carboxylic acids is 1. The molecule has 30 heavy (non-hydrogen) atoms. The molecule has 0 saturated carbocycles. The molecule has 0 bridgehead atoms. The Morgan fingerprint density at radius 1 is 1.03 bits per heavy atom. The summed E-state index contributed by atoms with van der Waals surface area (Å²) in [5.41, 5.74) is 16.8. The Labute approximate surface area is 174 Å². The van der Waals surface area contributed by atoms with Crippen molar-refractivity contribution in [3.63, 3.8) is 0 Å². The van der Waals surface area contributed by atoms with Crippen molar-refractivity contribution in [2.45, 2.75) is 76.4 Å². The highest BCUT2D eigenvalue weighted by Gasteiger charge is 2.60. The molecular formula is C16H32N5O8P. The number of nitrogens with zero attached hydrogens (tertiary/aromatic N) is 1. The van der Waals surface area contributed by atoms with Crippen molar-refractivity contribution in [2.75, 3.05) is 0 Å². The number of carbonyl (C=O) groups excluding carboxylic acids is 3. The summed E-state index contributed by atoms with van der Waals surface area (Å²) in [6, 6.07) is -5.53. The van der Waals surface area contributed by atoms with E-state index in [4.69, 9.17) is 17.2 Å². The van der Waals surface area contributed by atoms with Crippen molar-refractivity contribution in [3.05, 3.63) is 0 Å². The molecule has 0 aliphatic rings. The second-order valence-corrected chi connectivity index (χ2v) is 9.08. The van der Waals surface area contributed by atoms with Crippen LogP contribution in [0.1, 0.15) is 47.0 Å². The van der Waals surface area contributed by atoms with Gasteiger partial charge in [0.05, 0.1) is 18.5 Å². The summed E-state index contributed by atoms with van der Waals surface area (Å²) >= 11 is 0. The number of imide groups is 1. The fraction of sp³-hybridized carbons (Fsp3) is 0.750. The zero-order valence-electron chi connectivity index (χ0n) is 17.4. The number of rotatable bonds is 11. The van der Waals surface area contributed by atoms with E-state index in [1.165, 1.54) is 6.92 Å². The Balaban J connectivity index is 6.83. The Hall–Kier alpha value is -1.89. The van der Waals surface area contributed by atoms with Gasteiger partial charge in [-0.2, -0.15) is 0 Å². The molecule has 0 aromatic rings. The largest absolute Gasteiger partial charge is 0.481 e. The van der Waals surface area contributed by atoms with Crippen LogP contribution in [0.4, 0.5) is 0 Å². The van der Waals surface area contributed by atoms with Gasteiger partial charge in [-0.25, -0.2) is 0 Å². The van der Waals surface area contributed by atoms with Crippen LogP contribution >= 0.6 is 7.60 Å². The molecule has 13 nitrogen and oxygen atoms in total. The second kappa shape index (κ2) is 10.9. The first kappa shape index (κ1) is 28.1. The minimum Gasteiger partial charge on any atom is -0.481 e. The third-order valence-corrected chi connectivity index (χ3v) is 6.24.